The number of hydrogen-bond acceptors (Lipinski definition) is 2. The third kappa shape index (κ3) is 6.72. The van der Waals surface area contributed by atoms with Gasteiger partial charge in [-0.1, -0.05) is 26.8 Å². The van der Waals surface area contributed by atoms with Gasteiger partial charge in [-0.15, -0.1) is 0 Å². The van der Waals surface area contributed by atoms with E-state index in [9.17, 15) is 0 Å². The van der Waals surface area contributed by atoms with Gasteiger partial charge in [0.25, 0.3) is 0 Å². The Morgan fingerprint density at radius 2 is 1.68 bits per heavy atom. The molecule has 1 aromatic rings. The Labute approximate surface area is 119 Å². The molecule has 0 bridgehead atoms. The fraction of sp³-hybridized carbons (Fsp3) is 0.706. The summed E-state index contributed by atoms with van der Waals surface area (Å²) in [5.74, 6) is 0. The maximum atomic E-state index is 4.41. The highest BCUT2D eigenvalue weighted by molar-refractivity contribution is 5.04. The first-order valence-electron chi connectivity index (χ1n) is 7.33. The van der Waals surface area contributed by atoms with Gasteiger partial charge in [0.2, 0.25) is 0 Å². The molecular weight excluding hydrogens is 232 g/mol. The highest BCUT2D eigenvalue weighted by Crippen LogP contribution is 2.22. The van der Waals surface area contributed by atoms with Crippen LogP contribution in [0.3, 0.4) is 0 Å². The van der Waals surface area contributed by atoms with E-state index in [1.807, 2.05) is 12.3 Å². The predicted octanol–water partition coefficient (Wildman–Crippen LogP) is 4.16. The minimum Gasteiger partial charge on any atom is -0.298 e. The summed E-state index contributed by atoms with van der Waals surface area (Å²) in [4.78, 5) is 6.99. The summed E-state index contributed by atoms with van der Waals surface area (Å²) in [6.07, 6.45) is 4.14. The van der Waals surface area contributed by atoms with Crippen LogP contribution in [0.5, 0.6) is 0 Å². The smallest absolute Gasteiger partial charge is 0.0416 e. The molecule has 2 heteroatoms. The van der Waals surface area contributed by atoms with Crippen molar-refractivity contribution >= 4 is 0 Å². The fourth-order valence-corrected chi connectivity index (χ4v) is 2.05. The summed E-state index contributed by atoms with van der Waals surface area (Å²) in [5, 5.41) is 0. The third-order valence-electron chi connectivity index (χ3n) is 3.44. The van der Waals surface area contributed by atoms with E-state index in [2.05, 4.69) is 63.6 Å². The first-order chi connectivity index (χ1) is 8.68. The standard InChI is InChI=1S/C17H30N2/c1-16(2,3)11-14-19(17(4,5)6)13-10-15-9-7-8-12-18-15/h7-9,12H,10-11,13-14H2,1-6H3. The minimum atomic E-state index is 0.222. The van der Waals surface area contributed by atoms with E-state index >= 15 is 0 Å². The second-order valence-corrected chi connectivity index (χ2v) is 7.54. The van der Waals surface area contributed by atoms with Gasteiger partial charge in [0, 0.05) is 30.4 Å². The molecule has 1 aromatic heterocycles. The van der Waals surface area contributed by atoms with Gasteiger partial charge in [-0.25, -0.2) is 0 Å². The Bertz CT molecular complexity index is 357. The van der Waals surface area contributed by atoms with E-state index in [1.54, 1.807) is 0 Å². The fourth-order valence-electron chi connectivity index (χ4n) is 2.05. The van der Waals surface area contributed by atoms with Gasteiger partial charge in [0.1, 0.15) is 0 Å². The van der Waals surface area contributed by atoms with Crippen LogP contribution < -0.4 is 0 Å². The van der Waals surface area contributed by atoms with Crippen molar-refractivity contribution in [1.29, 1.82) is 0 Å². The zero-order chi connectivity index (χ0) is 14.5. The predicted molar refractivity (Wildman–Crippen MR) is 83.3 cm³/mol. The Balaban J connectivity index is 2.56. The van der Waals surface area contributed by atoms with Gasteiger partial charge in [0.05, 0.1) is 0 Å². The SMILES string of the molecule is CC(C)(C)CCN(CCc1ccccn1)C(C)(C)C. The van der Waals surface area contributed by atoms with Crippen molar-refractivity contribution in [3.8, 4) is 0 Å². The molecule has 0 aliphatic rings. The van der Waals surface area contributed by atoms with E-state index in [-0.39, 0.29) is 5.54 Å². The largest absolute Gasteiger partial charge is 0.298 e. The monoisotopic (exact) mass is 262 g/mol. The average Bonchev–Trinajstić information content (AvgIpc) is 2.27. The summed E-state index contributed by atoms with van der Waals surface area (Å²) in [6.45, 7) is 16.1. The second-order valence-electron chi connectivity index (χ2n) is 7.54. The Morgan fingerprint density at radius 3 is 2.16 bits per heavy atom. The van der Waals surface area contributed by atoms with Crippen LogP contribution in [0.2, 0.25) is 0 Å². The van der Waals surface area contributed by atoms with Crippen molar-refractivity contribution in [2.45, 2.75) is 59.9 Å². The van der Waals surface area contributed by atoms with Crippen LogP contribution in [0.4, 0.5) is 0 Å². The molecule has 0 unspecified atom stereocenters. The van der Waals surface area contributed by atoms with Crippen molar-refractivity contribution in [1.82, 2.24) is 9.88 Å². The lowest BCUT2D eigenvalue weighted by Gasteiger charge is -2.37. The van der Waals surface area contributed by atoms with Gasteiger partial charge in [-0.2, -0.15) is 0 Å². The molecule has 108 valence electrons. The number of pyridine rings is 1. The molecular formula is C17H30N2. The third-order valence-corrected chi connectivity index (χ3v) is 3.44. The molecule has 0 spiro atoms. The highest BCUT2D eigenvalue weighted by atomic mass is 15.2. The molecule has 0 aliphatic heterocycles. The Kier molecular flexibility index (Phi) is 5.54. The van der Waals surface area contributed by atoms with Crippen molar-refractivity contribution in [2.24, 2.45) is 5.41 Å². The first kappa shape index (κ1) is 16.2. The van der Waals surface area contributed by atoms with Gasteiger partial charge in [-0.05, 0) is 51.3 Å². The Hall–Kier alpha value is -0.890. The lowest BCUT2D eigenvalue weighted by molar-refractivity contribution is 0.119. The first-order valence-corrected chi connectivity index (χ1v) is 7.33. The van der Waals surface area contributed by atoms with E-state index < -0.39 is 0 Å². The van der Waals surface area contributed by atoms with Gasteiger partial charge >= 0.3 is 0 Å². The maximum absolute atomic E-state index is 4.41. The van der Waals surface area contributed by atoms with Crippen LogP contribution in [-0.2, 0) is 6.42 Å². The second kappa shape index (κ2) is 6.51. The lowest BCUT2D eigenvalue weighted by atomic mass is 9.91. The number of rotatable bonds is 5. The number of nitrogens with zero attached hydrogens (tertiary/aromatic N) is 2. The summed E-state index contributed by atoms with van der Waals surface area (Å²) in [5.41, 5.74) is 1.81. The van der Waals surface area contributed by atoms with Crippen molar-refractivity contribution in [2.75, 3.05) is 13.1 Å². The van der Waals surface area contributed by atoms with E-state index in [4.69, 9.17) is 0 Å². The minimum absolute atomic E-state index is 0.222. The average molecular weight is 262 g/mol. The van der Waals surface area contributed by atoms with Crippen LogP contribution >= 0.6 is 0 Å². The van der Waals surface area contributed by atoms with Gasteiger partial charge < -0.3 is 0 Å². The molecule has 0 radical (unpaired) electrons. The molecule has 2 nitrogen and oxygen atoms in total. The maximum Gasteiger partial charge on any atom is 0.0416 e. The molecule has 0 fully saturated rings. The number of aromatic nitrogens is 1. The quantitative estimate of drug-likeness (QED) is 0.792. The normalized spacial score (nSPS) is 13.0. The molecule has 0 aliphatic carbocycles. The molecule has 1 heterocycles. The summed E-state index contributed by atoms with van der Waals surface area (Å²) < 4.78 is 0. The summed E-state index contributed by atoms with van der Waals surface area (Å²) in [6, 6.07) is 6.16. The Morgan fingerprint density at radius 1 is 1.00 bits per heavy atom. The van der Waals surface area contributed by atoms with Gasteiger partial charge in [-0.3, -0.25) is 9.88 Å². The van der Waals surface area contributed by atoms with Crippen molar-refractivity contribution in [3.05, 3.63) is 30.1 Å². The van der Waals surface area contributed by atoms with Gasteiger partial charge in [0.15, 0.2) is 0 Å². The molecule has 0 atom stereocenters. The zero-order valence-corrected chi connectivity index (χ0v) is 13.5. The van der Waals surface area contributed by atoms with Crippen LogP contribution in [0.15, 0.2) is 24.4 Å². The topological polar surface area (TPSA) is 16.1 Å². The van der Waals surface area contributed by atoms with E-state index in [1.165, 1.54) is 12.1 Å². The van der Waals surface area contributed by atoms with Crippen molar-refractivity contribution < 1.29 is 0 Å². The summed E-state index contributed by atoms with van der Waals surface area (Å²) >= 11 is 0. The summed E-state index contributed by atoms with van der Waals surface area (Å²) in [7, 11) is 0. The highest BCUT2D eigenvalue weighted by Gasteiger charge is 2.22. The molecule has 1 rings (SSSR count). The zero-order valence-electron chi connectivity index (χ0n) is 13.5. The molecule has 0 amide bonds. The molecule has 19 heavy (non-hydrogen) atoms. The molecule has 0 aromatic carbocycles. The van der Waals surface area contributed by atoms with Crippen LogP contribution in [-0.4, -0.2) is 28.5 Å². The molecule has 0 saturated carbocycles. The molecule has 0 saturated heterocycles. The molecule has 0 N–H and O–H groups in total. The van der Waals surface area contributed by atoms with Crippen molar-refractivity contribution in [3.63, 3.8) is 0 Å². The van der Waals surface area contributed by atoms with E-state index in [0.29, 0.717) is 5.41 Å². The lowest BCUT2D eigenvalue weighted by Crippen LogP contribution is -2.44. The van der Waals surface area contributed by atoms with E-state index in [0.717, 1.165) is 19.5 Å². The van der Waals surface area contributed by atoms with Crippen LogP contribution in [0.1, 0.15) is 53.7 Å². The van der Waals surface area contributed by atoms with Crippen LogP contribution in [0.25, 0.3) is 0 Å². The van der Waals surface area contributed by atoms with Crippen LogP contribution in [0, 0.1) is 5.41 Å². The number of hydrogen-bond donors (Lipinski definition) is 0.